The zero-order valence-corrected chi connectivity index (χ0v) is 5.82. The van der Waals surface area contributed by atoms with Gasteiger partial charge in [0.25, 0.3) is 0 Å². The quantitative estimate of drug-likeness (QED) is 0.346. The van der Waals surface area contributed by atoms with E-state index in [0.29, 0.717) is 5.69 Å². The third-order valence-electron chi connectivity index (χ3n) is 1.20. The van der Waals surface area contributed by atoms with Gasteiger partial charge in [0.05, 0.1) is 5.69 Å². The summed E-state index contributed by atoms with van der Waals surface area (Å²) in [6.07, 6.45) is 1.32. The molecule has 0 spiro atoms. The van der Waals surface area contributed by atoms with E-state index in [9.17, 15) is 4.39 Å². The first-order valence-electron chi connectivity index (χ1n) is 2.92. The summed E-state index contributed by atoms with van der Waals surface area (Å²) in [5, 5.41) is 3.15. The van der Waals surface area contributed by atoms with E-state index in [4.69, 9.17) is 5.53 Å². The molecule has 0 atom stereocenters. The van der Waals surface area contributed by atoms with E-state index in [2.05, 4.69) is 15.0 Å². The SMILES string of the molecule is Cc1nccc(F)c1N=[N+]=[N-]. The van der Waals surface area contributed by atoms with E-state index in [1.165, 1.54) is 6.20 Å². The fourth-order valence-corrected chi connectivity index (χ4v) is 0.692. The summed E-state index contributed by atoms with van der Waals surface area (Å²) in [6.45, 7) is 1.58. The zero-order chi connectivity index (χ0) is 8.27. The Bertz CT molecular complexity index is 296. The van der Waals surface area contributed by atoms with Gasteiger partial charge < -0.3 is 0 Å². The molecule has 0 N–H and O–H groups in total. The Morgan fingerprint density at radius 1 is 1.73 bits per heavy atom. The van der Waals surface area contributed by atoms with E-state index in [1.54, 1.807) is 6.92 Å². The molecule has 0 radical (unpaired) electrons. The monoisotopic (exact) mass is 152 g/mol. The molecule has 0 amide bonds. The number of nitrogens with zero attached hydrogens (tertiary/aromatic N) is 4. The van der Waals surface area contributed by atoms with Gasteiger partial charge in [-0.3, -0.25) is 4.98 Å². The number of azide groups is 1. The van der Waals surface area contributed by atoms with Crippen LogP contribution in [-0.4, -0.2) is 4.98 Å². The first kappa shape index (κ1) is 7.50. The van der Waals surface area contributed by atoms with Gasteiger partial charge >= 0.3 is 0 Å². The smallest absolute Gasteiger partial charge is 0.136 e. The van der Waals surface area contributed by atoms with Crippen LogP contribution in [0.2, 0.25) is 0 Å². The van der Waals surface area contributed by atoms with E-state index in [1.807, 2.05) is 0 Å². The van der Waals surface area contributed by atoms with E-state index >= 15 is 0 Å². The molecular weight excluding hydrogens is 147 g/mol. The lowest BCUT2D eigenvalue weighted by atomic mass is 10.3. The minimum atomic E-state index is -0.546. The van der Waals surface area contributed by atoms with Gasteiger partial charge in [0.15, 0.2) is 0 Å². The normalized spacial score (nSPS) is 8.91. The lowest BCUT2D eigenvalue weighted by Crippen LogP contribution is -1.83. The second-order valence-corrected chi connectivity index (χ2v) is 1.92. The van der Waals surface area contributed by atoms with E-state index < -0.39 is 5.82 Å². The van der Waals surface area contributed by atoms with Gasteiger partial charge in [-0.15, -0.1) is 0 Å². The van der Waals surface area contributed by atoms with Gasteiger partial charge in [-0.1, -0.05) is 5.11 Å². The maximum absolute atomic E-state index is 12.7. The second kappa shape index (κ2) is 2.98. The molecule has 1 aromatic heterocycles. The van der Waals surface area contributed by atoms with Crippen molar-refractivity contribution in [2.45, 2.75) is 6.92 Å². The molecule has 0 saturated carbocycles. The van der Waals surface area contributed by atoms with Crippen molar-refractivity contribution in [3.05, 3.63) is 34.2 Å². The zero-order valence-electron chi connectivity index (χ0n) is 5.82. The minimum Gasteiger partial charge on any atom is -0.261 e. The van der Waals surface area contributed by atoms with Crippen LogP contribution in [0.3, 0.4) is 0 Å². The van der Waals surface area contributed by atoms with Crippen LogP contribution < -0.4 is 0 Å². The number of hydrogen-bond acceptors (Lipinski definition) is 2. The van der Waals surface area contributed by atoms with Crippen LogP contribution in [0.15, 0.2) is 17.4 Å². The Labute approximate surface area is 62.3 Å². The van der Waals surface area contributed by atoms with Gasteiger partial charge in [-0.05, 0) is 18.5 Å². The third kappa shape index (κ3) is 1.45. The van der Waals surface area contributed by atoms with Crippen LogP contribution in [0.4, 0.5) is 10.1 Å². The highest BCUT2D eigenvalue weighted by atomic mass is 19.1. The molecule has 4 nitrogen and oxygen atoms in total. The molecule has 0 fully saturated rings. The molecule has 0 aliphatic heterocycles. The first-order valence-corrected chi connectivity index (χ1v) is 2.92. The fraction of sp³-hybridized carbons (Fsp3) is 0.167. The second-order valence-electron chi connectivity index (χ2n) is 1.92. The van der Waals surface area contributed by atoms with Gasteiger partial charge in [0.1, 0.15) is 5.82 Å². The molecule has 1 aromatic rings. The molecule has 1 heterocycles. The lowest BCUT2D eigenvalue weighted by molar-refractivity contribution is 0.625. The topological polar surface area (TPSA) is 61.7 Å². The van der Waals surface area contributed by atoms with E-state index in [0.717, 1.165) is 6.07 Å². The molecule has 11 heavy (non-hydrogen) atoms. The summed E-state index contributed by atoms with van der Waals surface area (Å²) in [4.78, 5) is 6.23. The van der Waals surface area contributed by atoms with Crippen LogP contribution in [-0.2, 0) is 0 Å². The Balaban J connectivity index is 3.31. The van der Waals surface area contributed by atoms with Crippen molar-refractivity contribution in [3.8, 4) is 0 Å². The van der Waals surface area contributed by atoms with Crippen molar-refractivity contribution in [2.75, 3.05) is 0 Å². The maximum atomic E-state index is 12.7. The molecule has 0 saturated heterocycles. The molecule has 0 aromatic carbocycles. The molecule has 5 heteroatoms. The van der Waals surface area contributed by atoms with Crippen molar-refractivity contribution in [2.24, 2.45) is 5.11 Å². The summed E-state index contributed by atoms with van der Waals surface area (Å²) in [6, 6.07) is 1.15. The molecule has 0 unspecified atom stereocenters. The molecular formula is C6H5FN4. The van der Waals surface area contributed by atoms with Crippen LogP contribution in [0, 0.1) is 12.7 Å². The summed E-state index contributed by atoms with van der Waals surface area (Å²) in [5.74, 6) is -0.546. The third-order valence-corrected chi connectivity index (χ3v) is 1.20. The van der Waals surface area contributed by atoms with Crippen molar-refractivity contribution in [1.29, 1.82) is 0 Å². The Hall–Kier alpha value is -1.61. The van der Waals surface area contributed by atoms with Crippen molar-refractivity contribution in [1.82, 2.24) is 4.98 Å². The number of rotatable bonds is 1. The van der Waals surface area contributed by atoms with Crippen LogP contribution in [0.25, 0.3) is 10.4 Å². The van der Waals surface area contributed by atoms with Gasteiger partial charge in [-0.25, -0.2) is 4.39 Å². The number of aryl methyl sites for hydroxylation is 1. The Morgan fingerprint density at radius 2 is 2.45 bits per heavy atom. The number of aromatic nitrogens is 1. The van der Waals surface area contributed by atoms with Gasteiger partial charge in [0.2, 0.25) is 0 Å². The molecule has 0 aliphatic carbocycles. The molecule has 0 aliphatic rings. The average molecular weight is 152 g/mol. The summed E-state index contributed by atoms with van der Waals surface area (Å²) >= 11 is 0. The Kier molecular flexibility index (Phi) is 2.03. The highest BCUT2D eigenvalue weighted by Crippen LogP contribution is 2.19. The number of hydrogen-bond donors (Lipinski definition) is 0. The molecule has 1 rings (SSSR count). The van der Waals surface area contributed by atoms with Crippen molar-refractivity contribution < 1.29 is 4.39 Å². The highest BCUT2D eigenvalue weighted by molar-refractivity contribution is 5.41. The van der Waals surface area contributed by atoms with Crippen molar-refractivity contribution in [3.63, 3.8) is 0 Å². The summed E-state index contributed by atoms with van der Waals surface area (Å²) < 4.78 is 12.7. The minimum absolute atomic E-state index is 0.0324. The summed E-state index contributed by atoms with van der Waals surface area (Å²) in [7, 11) is 0. The van der Waals surface area contributed by atoms with E-state index in [-0.39, 0.29) is 5.69 Å². The molecule has 56 valence electrons. The van der Waals surface area contributed by atoms with Crippen molar-refractivity contribution >= 4 is 5.69 Å². The predicted octanol–water partition coefficient (Wildman–Crippen LogP) is 2.47. The largest absolute Gasteiger partial charge is 0.261 e. The highest BCUT2D eigenvalue weighted by Gasteiger charge is 2.01. The lowest BCUT2D eigenvalue weighted by Gasteiger charge is -1.96. The first-order chi connectivity index (χ1) is 5.25. The van der Waals surface area contributed by atoms with Gasteiger partial charge in [-0.2, -0.15) is 0 Å². The number of halogens is 1. The van der Waals surface area contributed by atoms with Crippen LogP contribution in [0.5, 0.6) is 0 Å². The Morgan fingerprint density at radius 3 is 3.00 bits per heavy atom. The average Bonchev–Trinajstić information content (AvgIpc) is 1.97. The van der Waals surface area contributed by atoms with Crippen LogP contribution >= 0.6 is 0 Å². The summed E-state index contributed by atoms with van der Waals surface area (Å²) in [5.41, 5.74) is 8.39. The number of pyridine rings is 1. The predicted molar refractivity (Wildman–Crippen MR) is 37.7 cm³/mol. The van der Waals surface area contributed by atoms with Gasteiger partial charge in [0, 0.05) is 16.8 Å². The van der Waals surface area contributed by atoms with Crippen LogP contribution in [0.1, 0.15) is 5.69 Å². The maximum Gasteiger partial charge on any atom is 0.136 e. The fourth-order valence-electron chi connectivity index (χ4n) is 0.692. The standard InChI is InChI=1S/C6H5FN4/c1-4-6(10-11-8)5(7)2-3-9-4/h2-3H,1H3. The molecule has 0 bridgehead atoms.